The molecule has 1 atom stereocenters. The fourth-order valence-corrected chi connectivity index (χ4v) is 2.63. The summed E-state index contributed by atoms with van der Waals surface area (Å²) in [7, 11) is 0. The van der Waals surface area contributed by atoms with Crippen LogP contribution in [0.25, 0.3) is 0 Å². The Morgan fingerprint density at radius 3 is 2.43 bits per heavy atom. The first-order chi connectivity index (χ1) is 10.3. The quantitative estimate of drug-likeness (QED) is 0.866. The molecule has 0 unspecified atom stereocenters. The highest BCUT2D eigenvalue weighted by molar-refractivity contribution is 5.78. The average molecular weight is 281 g/mol. The molecule has 108 valence electrons. The number of nitrogens with zero attached hydrogens (tertiary/aromatic N) is 1. The van der Waals surface area contributed by atoms with Crippen molar-refractivity contribution in [3.63, 3.8) is 0 Å². The maximum atomic E-state index is 12.4. The number of morpholine rings is 1. The van der Waals surface area contributed by atoms with E-state index in [2.05, 4.69) is 12.1 Å². The number of hydrogen-bond acceptors (Lipinski definition) is 2. The zero-order chi connectivity index (χ0) is 14.5. The lowest BCUT2D eigenvalue weighted by Crippen LogP contribution is -2.42. The lowest BCUT2D eigenvalue weighted by molar-refractivity contribution is -0.138. The van der Waals surface area contributed by atoms with Gasteiger partial charge in [0.25, 0.3) is 0 Å². The average Bonchev–Trinajstić information content (AvgIpc) is 2.57. The molecule has 2 aromatic carbocycles. The normalized spacial score (nSPS) is 18.5. The summed E-state index contributed by atoms with van der Waals surface area (Å²) in [6.07, 6.45) is 0.446. The van der Waals surface area contributed by atoms with E-state index in [1.807, 2.05) is 53.4 Å². The van der Waals surface area contributed by atoms with Crippen LogP contribution in [0.2, 0.25) is 0 Å². The van der Waals surface area contributed by atoms with Gasteiger partial charge < -0.3 is 9.64 Å². The van der Waals surface area contributed by atoms with Gasteiger partial charge in [0, 0.05) is 6.54 Å². The predicted molar refractivity (Wildman–Crippen MR) is 81.9 cm³/mol. The van der Waals surface area contributed by atoms with Gasteiger partial charge in [-0.05, 0) is 11.1 Å². The minimum Gasteiger partial charge on any atom is -0.370 e. The lowest BCUT2D eigenvalue weighted by Gasteiger charge is -2.33. The third kappa shape index (κ3) is 3.50. The van der Waals surface area contributed by atoms with E-state index in [-0.39, 0.29) is 12.0 Å². The molecule has 2 aromatic rings. The molecule has 0 bridgehead atoms. The third-order valence-corrected chi connectivity index (χ3v) is 3.79. The molecule has 1 aliphatic rings. The van der Waals surface area contributed by atoms with Crippen LogP contribution in [-0.2, 0) is 16.0 Å². The number of carbonyl (C=O) groups is 1. The van der Waals surface area contributed by atoms with E-state index in [4.69, 9.17) is 4.74 Å². The van der Waals surface area contributed by atoms with Crippen LogP contribution in [0.1, 0.15) is 17.2 Å². The van der Waals surface area contributed by atoms with E-state index >= 15 is 0 Å². The third-order valence-electron chi connectivity index (χ3n) is 3.79. The SMILES string of the molecule is O=C(Cc1ccccc1)N1CCO[C@H](c2ccccc2)C1. The van der Waals surface area contributed by atoms with Crippen molar-refractivity contribution in [2.24, 2.45) is 0 Å². The van der Waals surface area contributed by atoms with E-state index in [1.54, 1.807) is 0 Å². The van der Waals surface area contributed by atoms with Gasteiger partial charge in [-0.3, -0.25) is 4.79 Å². The smallest absolute Gasteiger partial charge is 0.227 e. The van der Waals surface area contributed by atoms with Crippen molar-refractivity contribution in [1.29, 1.82) is 0 Å². The summed E-state index contributed by atoms with van der Waals surface area (Å²) in [5.41, 5.74) is 2.19. The highest BCUT2D eigenvalue weighted by Gasteiger charge is 2.25. The van der Waals surface area contributed by atoms with E-state index in [9.17, 15) is 4.79 Å². The standard InChI is InChI=1S/C18H19NO2/c20-18(13-15-7-3-1-4-8-15)19-11-12-21-17(14-19)16-9-5-2-6-10-16/h1-10,17H,11-14H2/t17-/m0/s1. The number of carbonyl (C=O) groups excluding carboxylic acids is 1. The molecular weight excluding hydrogens is 262 g/mol. The van der Waals surface area contributed by atoms with Crippen LogP contribution >= 0.6 is 0 Å². The van der Waals surface area contributed by atoms with Crippen molar-refractivity contribution in [1.82, 2.24) is 4.90 Å². The molecule has 0 aliphatic carbocycles. The second-order valence-corrected chi connectivity index (χ2v) is 5.27. The van der Waals surface area contributed by atoms with Crippen LogP contribution in [0.4, 0.5) is 0 Å². The molecule has 1 amide bonds. The highest BCUT2D eigenvalue weighted by atomic mass is 16.5. The fraction of sp³-hybridized carbons (Fsp3) is 0.278. The van der Waals surface area contributed by atoms with Crippen molar-refractivity contribution in [3.8, 4) is 0 Å². The van der Waals surface area contributed by atoms with Crippen LogP contribution in [-0.4, -0.2) is 30.5 Å². The summed E-state index contributed by atoms with van der Waals surface area (Å²) in [5.74, 6) is 0.172. The van der Waals surface area contributed by atoms with E-state index < -0.39 is 0 Å². The molecule has 0 saturated carbocycles. The first-order valence-electron chi connectivity index (χ1n) is 7.31. The van der Waals surface area contributed by atoms with Gasteiger partial charge in [-0.2, -0.15) is 0 Å². The molecule has 0 N–H and O–H groups in total. The van der Waals surface area contributed by atoms with Crippen molar-refractivity contribution in [2.75, 3.05) is 19.7 Å². The monoisotopic (exact) mass is 281 g/mol. The van der Waals surface area contributed by atoms with Crippen molar-refractivity contribution >= 4 is 5.91 Å². The molecule has 0 spiro atoms. The second-order valence-electron chi connectivity index (χ2n) is 5.27. The number of benzene rings is 2. The lowest BCUT2D eigenvalue weighted by atomic mass is 10.1. The maximum absolute atomic E-state index is 12.4. The molecule has 3 heteroatoms. The van der Waals surface area contributed by atoms with Gasteiger partial charge in [0.2, 0.25) is 5.91 Å². The Hall–Kier alpha value is -2.13. The summed E-state index contributed by atoms with van der Waals surface area (Å²) >= 11 is 0. The van der Waals surface area contributed by atoms with Crippen LogP contribution in [0.5, 0.6) is 0 Å². The van der Waals surface area contributed by atoms with Crippen LogP contribution in [0.15, 0.2) is 60.7 Å². The molecule has 0 radical (unpaired) electrons. The molecule has 3 nitrogen and oxygen atoms in total. The summed E-state index contributed by atoms with van der Waals surface area (Å²) in [6.45, 7) is 1.91. The van der Waals surface area contributed by atoms with Crippen molar-refractivity contribution in [3.05, 3.63) is 71.8 Å². The molecule has 3 rings (SSSR count). The van der Waals surface area contributed by atoms with Gasteiger partial charge in [-0.15, -0.1) is 0 Å². The molecule has 1 heterocycles. The van der Waals surface area contributed by atoms with Gasteiger partial charge in [0.05, 0.1) is 19.6 Å². The zero-order valence-electron chi connectivity index (χ0n) is 11.9. The highest BCUT2D eigenvalue weighted by Crippen LogP contribution is 2.22. The Morgan fingerprint density at radius 1 is 1.05 bits per heavy atom. The minimum atomic E-state index is -0.0142. The summed E-state index contributed by atoms with van der Waals surface area (Å²) < 4.78 is 5.80. The number of amides is 1. The summed E-state index contributed by atoms with van der Waals surface area (Å²) in [5, 5.41) is 0. The Balaban J connectivity index is 1.64. The van der Waals surface area contributed by atoms with Gasteiger partial charge in [0.15, 0.2) is 0 Å². The molecule has 21 heavy (non-hydrogen) atoms. The van der Waals surface area contributed by atoms with Crippen molar-refractivity contribution in [2.45, 2.75) is 12.5 Å². The minimum absolute atomic E-state index is 0.0142. The van der Waals surface area contributed by atoms with E-state index in [1.165, 1.54) is 0 Å². The first kappa shape index (κ1) is 13.8. The zero-order valence-corrected chi connectivity index (χ0v) is 11.9. The topological polar surface area (TPSA) is 29.5 Å². The molecule has 1 fully saturated rings. The van der Waals surface area contributed by atoms with Gasteiger partial charge in [-0.1, -0.05) is 60.7 Å². The van der Waals surface area contributed by atoms with E-state index in [0.717, 1.165) is 11.1 Å². The molecule has 0 aromatic heterocycles. The summed E-state index contributed by atoms with van der Waals surface area (Å²) in [4.78, 5) is 14.3. The van der Waals surface area contributed by atoms with Crippen molar-refractivity contribution < 1.29 is 9.53 Å². The maximum Gasteiger partial charge on any atom is 0.227 e. The number of ether oxygens (including phenoxy) is 1. The van der Waals surface area contributed by atoms with Crippen LogP contribution < -0.4 is 0 Å². The Labute approximate surface area is 125 Å². The Kier molecular flexibility index (Phi) is 4.31. The van der Waals surface area contributed by atoms with E-state index in [0.29, 0.717) is 26.1 Å². The van der Waals surface area contributed by atoms with Gasteiger partial charge in [-0.25, -0.2) is 0 Å². The predicted octanol–water partition coefficient (Wildman–Crippen LogP) is 2.83. The van der Waals surface area contributed by atoms with Gasteiger partial charge in [0.1, 0.15) is 6.10 Å². The molecular formula is C18H19NO2. The number of hydrogen-bond donors (Lipinski definition) is 0. The van der Waals surface area contributed by atoms with Crippen LogP contribution in [0, 0.1) is 0 Å². The first-order valence-corrected chi connectivity index (χ1v) is 7.31. The Morgan fingerprint density at radius 2 is 1.71 bits per heavy atom. The van der Waals surface area contributed by atoms with Gasteiger partial charge >= 0.3 is 0 Å². The summed E-state index contributed by atoms with van der Waals surface area (Å²) in [6, 6.07) is 20.0. The number of rotatable bonds is 3. The molecule has 1 aliphatic heterocycles. The largest absolute Gasteiger partial charge is 0.370 e. The molecule has 1 saturated heterocycles. The Bertz CT molecular complexity index is 583. The second kappa shape index (κ2) is 6.55. The fourth-order valence-electron chi connectivity index (χ4n) is 2.63. The van der Waals surface area contributed by atoms with Crippen LogP contribution in [0.3, 0.4) is 0 Å².